The van der Waals surface area contributed by atoms with Gasteiger partial charge in [-0.25, -0.2) is 4.79 Å². The molecule has 0 bridgehead atoms. The Bertz CT molecular complexity index is 544. The van der Waals surface area contributed by atoms with Gasteiger partial charge in [0, 0.05) is 12.2 Å². The fraction of sp³-hybridized carbons (Fsp3) is 0.375. The summed E-state index contributed by atoms with van der Waals surface area (Å²) in [7, 11) is 0. The van der Waals surface area contributed by atoms with Crippen molar-refractivity contribution >= 4 is 40.8 Å². The van der Waals surface area contributed by atoms with Gasteiger partial charge < -0.3 is 10.1 Å². The van der Waals surface area contributed by atoms with E-state index in [1.807, 2.05) is 0 Å². The molecule has 0 saturated heterocycles. The Morgan fingerprint density at radius 1 is 1.18 bits per heavy atom. The van der Waals surface area contributed by atoms with Crippen molar-refractivity contribution in [2.24, 2.45) is 0 Å². The summed E-state index contributed by atoms with van der Waals surface area (Å²) in [5, 5.41) is 3.14. The molecule has 1 amide bonds. The summed E-state index contributed by atoms with van der Waals surface area (Å²) < 4.78 is 4.98. The molecule has 0 aliphatic carbocycles. The Balaban J connectivity index is 2.37. The maximum absolute atomic E-state index is 11.7. The molecular weight excluding hydrogens is 325 g/mol. The molecule has 0 atom stereocenters. The standard InChI is InChI=1S/C16H19Cl2NO3/c1-2-3-4-5-11-22-15(21)10-9-14(20)19-13-8-6-7-12(17)16(13)18/h6-10H,2-5,11H2,1H3,(H,19,20)/b10-9-. The van der Waals surface area contributed by atoms with Gasteiger partial charge in [0.25, 0.3) is 0 Å². The molecule has 1 aromatic rings. The number of nitrogens with one attached hydrogen (secondary N) is 1. The summed E-state index contributed by atoms with van der Waals surface area (Å²) in [5.74, 6) is -1.02. The molecule has 0 spiro atoms. The lowest BCUT2D eigenvalue weighted by molar-refractivity contribution is -0.138. The number of unbranched alkanes of at least 4 members (excludes halogenated alkanes) is 3. The Labute approximate surface area is 140 Å². The normalized spacial score (nSPS) is 10.7. The van der Waals surface area contributed by atoms with Crippen LogP contribution in [-0.2, 0) is 14.3 Å². The second kappa shape index (κ2) is 10.2. The van der Waals surface area contributed by atoms with Gasteiger partial charge in [0.15, 0.2) is 0 Å². The van der Waals surface area contributed by atoms with Gasteiger partial charge in [0.1, 0.15) is 0 Å². The molecule has 0 aliphatic heterocycles. The average molecular weight is 344 g/mol. The third kappa shape index (κ3) is 6.96. The highest BCUT2D eigenvalue weighted by atomic mass is 35.5. The quantitative estimate of drug-likeness (QED) is 0.426. The van der Waals surface area contributed by atoms with Crippen molar-refractivity contribution in [3.05, 3.63) is 40.4 Å². The van der Waals surface area contributed by atoms with Gasteiger partial charge in [0.2, 0.25) is 5.91 Å². The third-order valence-electron chi connectivity index (χ3n) is 2.82. The first-order valence-electron chi connectivity index (χ1n) is 7.14. The molecule has 4 nitrogen and oxygen atoms in total. The van der Waals surface area contributed by atoms with Gasteiger partial charge in [0.05, 0.1) is 22.3 Å². The molecule has 0 saturated carbocycles. The summed E-state index contributed by atoms with van der Waals surface area (Å²) in [6.07, 6.45) is 6.30. The number of hydrogen-bond donors (Lipinski definition) is 1. The van der Waals surface area contributed by atoms with Crippen molar-refractivity contribution in [1.29, 1.82) is 0 Å². The van der Waals surface area contributed by atoms with Gasteiger partial charge in [-0.3, -0.25) is 4.79 Å². The Morgan fingerprint density at radius 3 is 2.68 bits per heavy atom. The minimum Gasteiger partial charge on any atom is -0.463 e. The topological polar surface area (TPSA) is 55.4 Å². The third-order valence-corrected chi connectivity index (χ3v) is 3.64. The molecule has 1 rings (SSSR count). The van der Waals surface area contributed by atoms with Crippen molar-refractivity contribution < 1.29 is 14.3 Å². The highest BCUT2D eigenvalue weighted by Gasteiger charge is 2.06. The number of rotatable bonds is 8. The van der Waals surface area contributed by atoms with E-state index in [0.29, 0.717) is 17.3 Å². The first-order valence-corrected chi connectivity index (χ1v) is 7.90. The lowest BCUT2D eigenvalue weighted by atomic mass is 10.2. The largest absolute Gasteiger partial charge is 0.463 e. The number of benzene rings is 1. The monoisotopic (exact) mass is 343 g/mol. The summed E-state index contributed by atoms with van der Waals surface area (Å²) in [6, 6.07) is 4.90. The smallest absolute Gasteiger partial charge is 0.330 e. The number of ether oxygens (including phenoxy) is 1. The molecule has 0 heterocycles. The number of esters is 1. The maximum atomic E-state index is 11.7. The molecule has 0 aromatic heterocycles. The number of anilines is 1. The summed E-state index contributed by atoms with van der Waals surface area (Å²) in [4.78, 5) is 23.1. The van der Waals surface area contributed by atoms with Crippen LogP contribution in [0.3, 0.4) is 0 Å². The van der Waals surface area contributed by atoms with Crippen LogP contribution in [0.1, 0.15) is 32.6 Å². The fourth-order valence-corrected chi connectivity index (χ4v) is 2.02. The number of hydrogen-bond acceptors (Lipinski definition) is 3. The highest BCUT2D eigenvalue weighted by molar-refractivity contribution is 6.44. The summed E-state index contributed by atoms with van der Waals surface area (Å²) in [6.45, 7) is 2.48. The van der Waals surface area contributed by atoms with Crippen molar-refractivity contribution in [3.8, 4) is 0 Å². The molecule has 1 aromatic carbocycles. The fourth-order valence-electron chi connectivity index (χ4n) is 1.67. The van der Waals surface area contributed by atoms with Crippen LogP contribution in [-0.4, -0.2) is 18.5 Å². The zero-order valence-electron chi connectivity index (χ0n) is 12.4. The molecule has 0 unspecified atom stereocenters. The van der Waals surface area contributed by atoms with Gasteiger partial charge in [-0.1, -0.05) is 55.5 Å². The van der Waals surface area contributed by atoms with Gasteiger partial charge in [-0.05, 0) is 18.6 Å². The van der Waals surface area contributed by atoms with E-state index in [1.54, 1.807) is 18.2 Å². The van der Waals surface area contributed by atoms with Crippen LogP contribution in [0.25, 0.3) is 0 Å². The molecule has 6 heteroatoms. The molecule has 22 heavy (non-hydrogen) atoms. The van der Waals surface area contributed by atoms with Gasteiger partial charge in [-0.2, -0.15) is 0 Å². The predicted molar refractivity (Wildman–Crippen MR) is 89.3 cm³/mol. The van der Waals surface area contributed by atoms with Crippen LogP contribution < -0.4 is 5.32 Å². The van der Waals surface area contributed by atoms with E-state index in [1.165, 1.54) is 0 Å². The first-order chi connectivity index (χ1) is 10.5. The van der Waals surface area contributed by atoms with Gasteiger partial charge >= 0.3 is 5.97 Å². The molecule has 0 radical (unpaired) electrons. The predicted octanol–water partition coefficient (Wildman–Crippen LogP) is 4.61. The molecule has 0 aliphatic rings. The number of carbonyl (C=O) groups is 2. The Kier molecular flexibility index (Phi) is 8.63. The van der Waals surface area contributed by atoms with E-state index in [0.717, 1.165) is 37.8 Å². The molecule has 1 N–H and O–H groups in total. The van der Waals surface area contributed by atoms with Crippen LogP contribution in [0.4, 0.5) is 5.69 Å². The zero-order chi connectivity index (χ0) is 16.4. The average Bonchev–Trinajstić information content (AvgIpc) is 2.49. The first kappa shape index (κ1) is 18.5. The second-order valence-corrected chi connectivity index (χ2v) is 5.44. The van der Waals surface area contributed by atoms with Crippen molar-refractivity contribution in [2.45, 2.75) is 32.6 Å². The SMILES string of the molecule is CCCCCCOC(=O)/C=C\C(=O)Nc1cccc(Cl)c1Cl. The number of amides is 1. The van der Waals surface area contributed by atoms with E-state index in [4.69, 9.17) is 27.9 Å². The highest BCUT2D eigenvalue weighted by Crippen LogP contribution is 2.29. The Morgan fingerprint density at radius 2 is 1.95 bits per heavy atom. The zero-order valence-corrected chi connectivity index (χ0v) is 13.9. The van der Waals surface area contributed by atoms with Crippen LogP contribution in [0, 0.1) is 0 Å². The van der Waals surface area contributed by atoms with E-state index in [-0.39, 0.29) is 5.02 Å². The van der Waals surface area contributed by atoms with Crippen molar-refractivity contribution in [2.75, 3.05) is 11.9 Å². The van der Waals surface area contributed by atoms with Crippen LogP contribution in [0.5, 0.6) is 0 Å². The van der Waals surface area contributed by atoms with E-state index in [2.05, 4.69) is 12.2 Å². The minimum atomic E-state index is -0.538. The second-order valence-electron chi connectivity index (χ2n) is 4.65. The van der Waals surface area contributed by atoms with Crippen LogP contribution in [0.2, 0.25) is 10.0 Å². The van der Waals surface area contributed by atoms with E-state index < -0.39 is 11.9 Å². The lowest BCUT2D eigenvalue weighted by Crippen LogP contribution is -2.10. The Hall–Kier alpha value is -1.52. The lowest BCUT2D eigenvalue weighted by Gasteiger charge is -2.05. The summed E-state index contributed by atoms with van der Waals surface area (Å²) in [5.41, 5.74) is 0.386. The maximum Gasteiger partial charge on any atom is 0.330 e. The number of halogens is 2. The van der Waals surface area contributed by atoms with Crippen molar-refractivity contribution in [3.63, 3.8) is 0 Å². The molecule has 120 valence electrons. The minimum absolute atomic E-state index is 0.254. The molecular formula is C16H19Cl2NO3. The van der Waals surface area contributed by atoms with Crippen molar-refractivity contribution in [1.82, 2.24) is 0 Å². The number of carbonyl (C=O) groups excluding carboxylic acids is 2. The van der Waals surface area contributed by atoms with Gasteiger partial charge in [-0.15, -0.1) is 0 Å². The van der Waals surface area contributed by atoms with E-state index in [9.17, 15) is 9.59 Å². The molecule has 0 fully saturated rings. The van der Waals surface area contributed by atoms with E-state index >= 15 is 0 Å². The summed E-state index contributed by atoms with van der Waals surface area (Å²) >= 11 is 11.8. The van der Waals surface area contributed by atoms with Crippen LogP contribution in [0.15, 0.2) is 30.4 Å². The van der Waals surface area contributed by atoms with Crippen LogP contribution >= 0.6 is 23.2 Å².